The van der Waals surface area contributed by atoms with Gasteiger partial charge in [0.1, 0.15) is 0 Å². The zero-order chi connectivity index (χ0) is 15.2. The molecule has 0 spiro atoms. The number of non-ortho nitro benzene ring substituents is 1. The molecule has 0 bridgehead atoms. The Morgan fingerprint density at radius 1 is 1.05 bits per heavy atom. The molecule has 0 aromatic heterocycles. The molecule has 2 aromatic rings. The van der Waals surface area contributed by atoms with Crippen LogP contribution >= 0.6 is 0 Å². The number of hydrogen-bond acceptors (Lipinski definition) is 4. The second-order valence-electron chi connectivity index (χ2n) is 4.90. The highest BCUT2D eigenvalue weighted by Crippen LogP contribution is 2.14. The number of hydrogen-bond donors (Lipinski definition) is 0. The van der Waals surface area contributed by atoms with Crippen LogP contribution in [0.25, 0.3) is 0 Å². The van der Waals surface area contributed by atoms with Gasteiger partial charge in [-0.25, -0.2) is 0 Å². The molecule has 0 atom stereocenters. The minimum Gasteiger partial charge on any atom is -0.298 e. The Morgan fingerprint density at radius 3 is 1.95 bits per heavy atom. The molecule has 0 aliphatic carbocycles. The second kappa shape index (κ2) is 6.64. The Balaban J connectivity index is 1.95. The summed E-state index contributed by atoms with van der Waals surface area (Å²) in [6, 6.07) is 16.1. The van der Waals surface area contributed by atoms with Crippen LogP contribution in [0.4, 0.5) is 5.69 Å². The summed E-state index contributed by atoms with van der Waals surface area (Å²) >= 11 is 0. The number of nitro groups is 1. The van der Waals surface area contributed by atoms with Gasteiger partial charge in [-0.15, -0.1) is 0 Å². The van der Waals surface area contributed by atoms with Crippen molar-refractivity contribution >= 4 is 5.69 Å². The van der Waals surface area contributed by atoms with E-state index < -0.39 is 4.92 Å². The predicted molar refractivity (Wildman–Crippen MR) is 79.4 cm³/mol. The summed E-state index contributed by atoms with van der Waals surface area (Å²) < 4.78 is 0. The monoisotopic (exact) mass is 281 g/mol. The fourth-order valence-corrected chi connectivity index (χ4v) is 2.09. The van der Waals surface area contributed by atoms with E-state index in [0.717, 1.165) is 17.7 Å². The van der Waals surface area contributed by atoms with Crippen LogP contribution in [0.3, 0.4) is 0 Å². The Morgan fingerprint density at radius 2 is 1.52 bits per heavy atom. The molecular weight excluding hydrogens is 266 g/mol. The molecule has 0 N–H and O–H groups in total. The first-order valence-corrected chi connectivity index (χ1v) is 6.49. The van der Waals surface area contributed by atoms with Crippen molar-refractivity contribution in [1.29, 1.82) is 5.26 Å². The maximum absolute atomic E-state index is 10.6. The molecule has 0 aliphatic heterocycles. The van der Waals surface area contributed by atoms with Gasteiger partial charge in [0.25, 0.3) is 5.69 Å². The first-order valence-electron chi connectivity index (χ1n) is 6.49. The minimum absolute atomic E-state index is 0.105. The number of nitriles is 1. The molecule has 2 aromatic carbocycles. The third-order valence-corrected chi connectivity index (χ3v) is 3.14. The standard InChI is InChI=1S/C16H15N3O2/c1-18(11-14-4-2-13(10-17)3-5-14)12-15-6-8-16(9-7-15)19(20)21/h2-9H,11-12H2,1H3. The second-order valence-corrected chi connectivity index (χ2v) is 4.90. The number of nitro benzene ring substituents is 1. The summed E-state index contributed by atoms with van der Waals surface area (Å²) in [5, 5.41) is 19.4. The molecule has 106 valence electrons. The topological polar surface area (TPSA) is 70.2 Å². The first-order chi connectivity index (χ1) is 10.1. The van der Waals surface area contributed by atoms with Crippen LogP contribution < -0.4 is 0 Å². The van der Waals surface area contributed by atoms with Gasteiger partial charge in [0.15, 0.2) is 0 Å². The quantitative estimate of drug-likeness (QED) is 0.623. The van der Waals surface area contributed by atoms with Crippen LogP contribution in [-0.2, 0) is 13.1 Å². The van der Waals surface area contributed by atoms with Crippen LogP contribution in [0, 0.1) is 21.4 Å². The van der Waals surface area contributed by atoms with E-state index in [9.17, 15) is 10.1 Å². The van der Waals surface area contributed by atoms with Gasteiger partial charge in [0.2, 0.25) is 0 Å². The highest BCUT2D eigenvalue weighted by molar-refractivity contribution is 5.33. The molecule has 0 saturated heterocycles. The highest BCUT2D eigenvalue weighted by Gasteiger charge is 2.06. The summed E-state index contributed by atoms with van der Waals surface area (Å²) in [6.45, 7) is 1.46. The minimum atomic E-state index is -0.399. The van der Waals surface area contributed by atoms with Crippen molar-refractivity contribution in [1.82, 2.24) is 4.90 Å². The molecule has 0 heterocycles. The molecule has 2 rings (SSSR count). The molecule has 0 fully saturated rings. The van der Waals surface area contributed by atoms with Crippen LogP contribution in [-0.4, -0.2) is 16.9 Å². The average Bonchev–Trinajstić information content (AvgIpc) is 2.48. The average molecular weight is 281 g/mol. The number of nitrogens with zero attached hydrogens (tertiary/aromatic N) is 3. The van der Waals surface area contributed by atoms with Gasteiger partial charge in [0, 0.05) is 25.2 Å². The fraction of sp³-hybridized carbons (Fsp3) is 0.188. The van der Waals surface area contributed by atoms with E-state index in [0.29, 0.717) is 12.1 Å². The highest BCUT2D eigenvalue weighted by atomic mass is 16.6. The third kappa shape index (κ3) is 4.13. The van der Waals surface area contributed by atoms with Crippen molar-refractivity contribution in [3.63, 3.8) is 0 Å². The normalized spacial score (nSPS) is 10.3. The summed E-state index contributed by atoms with van der Waals surface area (Å²) in [6.07, 6.45) is 0. The molecular formula is C16H15N3O2. The number of benzene rings is 2. The first kappa shape index (κ1) is 14.7. The zero-order valence-corrected chi connectivity index (χ0v) is 11.7. The molecule has 0 radical (unpaired) electrons. The zero-order valence-electron chi connectivity index (χ0n) is 11.7. The Hall–Kier alpha value is -2.71. The van der Waals surface area contributed by atoms with Crippen molar-refractivity contribution in [3.05, 3.63) is 75.3 Å². The van der Waals surface area contributed by atoms with Gasteiger partial charge in [-0.05, 0) is 30.3 Å². The maximum Gasteiger partial charge on any atom is 0.269 e. The molecule has 5 nitrogen and oxygen atoms in total. The lowest BCUT2D eigenvalue weighted by Crippen LogP contribution is -2.17. The van der Waals surface area contributed by atoms with E-state index >= 15 is 0 Å². The number of rotatable bonds is 5. The SMILES string of the molecule is CN(Cc1ccc(C#N)cc1)Cc1ccc([N+](=O)[O-])cc1. The van der Waals surface area contributed by atoms with Crippen molar-refractivity contribution < 1.29 is 4.92 Å². The molecule has 0 unspecified atom stereocenters. The van der Waals surface area contributed by atoms with Crippen molar-refractivity contribution in [2.24, 2.45) is 0 Å². The molecule has 5 heteroatoms. The lowest BCUT2D eigenvalue weighted by molar-refractivity contribution is -0.384. The Bertz CT molecular complexity index is 657. The van der Waals surface area contributed by atoms with E-state index in [1.165, 1.54) is 12.1 Å². The smallest absolute Gasteiger partial charge is 0.269 e. The van der Waals surface area contributed by atoms with E-state index in [1.807, 2.05) is 19.2 Å². The van der Waals surface area contributed by atoms with Gasteiger partial charge >= 0.3 is 0 Å². The molecule has 0 saturated carbocycles. The van der Waals surface area contributed by atoms with Gasteiger partial charge in [-0.1, -0.05) is 24.3 Å². The fourth-order valence-electron chi connectivity index (χ4n) is 2.09. The summed E-state index contributed by atoms with van der Waals surface area (Å²) in [5.74, 6) is 0. The van der Waals surface area contributed by atoms with Crippen LogP contribution in [0.5, 0.6) is 0 Å². The Kier molecular flexibility index (Phi) is 4.64. The van der Waals surface area contributed by atoms with Crippen LogP contribution in [0.15, 0.2) is 48.5 Å². The lowest BCUT2D eigenvalue weighted by atomic mass is 10.1. The van der Waals surface area contributed by atoms with Crippen molar-refractivity contribution in [2.75, 3.05) is 7.05 Å². The summed E-state index contributed by atoms with van der Waals surface area (Å²) in [7, 11) is 1.99. The van der Waals surface area contributed by atoms with E-state index in [2.05, 4.69) is 11.0 Å². The van der Waals surface area contributed by atoms with Gasteiger partial charge in [-0.2, -0.15) is 5.26 Å². The summed E-state index contributed by atoms with van der Waals surface area (Å²) in [5.41, 5.74) is 2.90. The molecule has 0 aliphatic rings. The van der Waals surface area contributed by atoms with E-state index in [4.69, 9.17) is 5.26 Å². The lowest BCUT2D eigenvalue weighted by Gasteiger charge is -2.16. The molecule has 21 heavy (non-hydrogen) atoms. The van der Waals surface area contributed by atoms with Gasteiger partial charge < -0.3 is 0 Å². The maximum atomic E-state index is 10.6. The van der Waals surface area contributed by atoms with Crippen molar-refractivity contribution in [2.45, 2.75) is 13.1 Å². The van der Waals surface area contributed by atoms with E-state index in [-0.39, 0.29) is 5.69 Å². The Labute approximate surface area is 123 Å². The summed E-state index contributed by atoms with van der Waals surface area (Å²) in [4.78, 5) is 12.3. The van der Waals surface area contributed by atoms with Crippen LogP contribution in [0.2, 0.25) is 0 Å². The van der Waals surface area contributed by atoms with Crippen LogP contribution in [0.1, 0.15) is 16.7 Å². The van der Waals surface area contributed by atoms with Gasteiger partial charge in [-0.3, -0.25) is 15.0 Å². The predicted octanol–water partition coefficient (Wildman–Crippen LogP) is 3.10. The molecule has 0 amide bonds. The third-order valence-electron chi connectivity index (χ3n) is 3.14. The van der Waals surface area contributed by atoms with E-state index in [1.54, 1.807) is 24.3 Å². The largest absolute Gasteiger partial charge is 0.298 e. The van der Waals surface area contributed by atoms with Gasteiger partial charge in [0.05, 0.1) is 16.6 Å². The van der Waals surface area contributed by atoms with Crippen molar-refractivity contribution in [3.8, 4) is 6.07 Å².